The molecule has 0 aromatic carbocycles. The van der Waals surface area contributed by atoms with Crippen molar-refractivity contribution < 1.29 is 39.8 Å². The fraction of sp³-hybridized carbons (Fsp3) is 0.820. The van der Waals surface area contributed by atoms with Crippen molar-refractivity contribution in [1.82, 2.24) is 5.32 Å². The maximum absolute atomic E-state index is 12.9. The predicted molar refractivity (Wildman–Crippen MR) is 244 cm³/mol. The molecule has 1 amide bonds. The van der Waals surface area contributed by atoms with Crippen molar-refractivity contribution in [3.05, 3.63) is 48.6 Å². The van der Waals surface area contributed by atoms with Gasteiger partial charge >= 0.3 is 0 Å². The van der Waals surface area contributed by atoms with E-state index < -0.39 is 49.5 Å². The molecule has 59 heavy (non-hydrogen) atoms. The Bertz CT molecular complexity index is 1060. The number of ether oxygens (including phenoxy) is 2. The average Bonchev–Trinajstić information content (AvgIpc) is 3.23. The second kappa shape index (κ2) is 40.2. The van der Waals surface area contributed by atoms with Crippen LogP contribution >= 0.6 is 0 Å². The highest BCUT2D eigenvalue weighted by molar-refractivity contribution is 5.76. The smallest absolute Gasteiger partial charge is 0.220 e. The lowest BCUT2D eigenvalue weighted by molar-refractivity contribution is -0.302. The first-order chi connectivity index (χ1) is 28.8. The normalized spacial score (nSPS) is 21.1. The summed E-state index contributed by atoms with van der Waals surface area (Å²) in [4.78, 5) is 12.9. The molecule has 6 N–H and O–H groups in total. The van der Waals surface area contributed by atoms with Crippen LogP contribution < -0.4 is 5.32 Å². The van der Waals surface area contributed by atoms with Crippen LogP contribution in [0, 0.1) is 0 Å². The van der Waals surface area contributed by atoms with Crippen molar-refractivity contribution in [3.8, 4) is 0 Å². The van der Waals surface area contributed by atoms with Crippen LogP contribution in [0.1, 0.15) is 206 Å². The van der Waals surface area contributed by atoms with Gasteiger partial charge in [-0.25, -0.2) is 0 Å². The molecular formula is C50H91NO8. The molecule has 0 aliphatic carbocycles. The Kier molecular flexibility index (Phi) is 37.6. The van der Waals surface area contributed by atoms with Gasteiger partial charge in [0, 0.05) is 6.42 Å². The Hall–Kier alpha value is -1.85. The summed E-state index contributed by atoms with van der Waals surface area (Å²) < 4.78 is 11.2. The minimum absolute atomic E-state index is 0.183. The predicted octanol–water partition coefficient (Wildman–Crippen LogP) is 10.6. The number of amides is 1. The third-order valence-electron chi connectivity index (χ3n) is 11.4. The fourth-order valence-corrected chi connectivity index (χ4v) is 7.46. The summed E-state index contributed by atoms with van der Waals surface area (Å²) in [5.41, 5.74) is 0. The molecule has 1 fully saturated rings. The quantitative estimate of drug-likeness (QED) is 0.0264. The first-order valence-electron chi connectivity index (χ1n) is 24.4. The molecule has 1 heterocycles. The lowest BCUT2D eigenvalue weighted by Gasteiger charge is -2.40. The maximum Gasteiger partial charge on any atom is 0.220 e. The second-order valence-electron chi connectivity index (χ2n) is 16.9. The topological polar surface area (TPSA) is 149 Å². The zero-order valence-corrected chi connectivity index (χ0v) is 37.7. The van der Waals surface area contributed by atoms with Crippen molar-refractivity contribution >= 4 is 5.91 Å². The Morgan fingerprint density at radius 3 is 1.47 bits per heavy atom. The van der Waals surface area contributed by atoms with Gasteiger partial charge in [0.15, 0.2) is 6.29 Å². The molecule has 0 spiro atoms. The summed E-state index contributed by atoms with van der Waals surface area (Å²) in [6.45, 7) is 3.72. The lowest BCUT2D eigenvalue weighted by Crippen LogP contribution is -2.60. The molecule has 0 radical (unpaired) electrons. The highest BCUT2D eigenvalue weighted by Crippen LogP contribution is 2.22. The first kappa shape index (κ1) is 55.2. The summed E-state index contributed by atoms with van der Waals surface area (Å²) in [6.07, 6.45) is 44.6. The van der Waals surface area contributed by atoms with E-state index in [9.17, 15) is 30.3 Å². The van der Waals surface area contributed by atoms with E-state index >= 15 is 0 Å². The summed E-state index contributed by atoms with van der Waals surface area (Å²) in [5.74, 6) is -0.183. The minimum atomic E-state index is -1.57. The van der Waals surface area contributed by atoms with Gasteiger partial charge in [-0.3, -0.25) is 4.79 Å². The Morgan fingerprint density at radius 1 is 0.576 bits per heavy atom. The standard InChI is InChI=1S/C50H91NO8/c1-3-5-7-9-11-13-14-15-16-17-18-19-20-21-22-23-24-25-26-27-28-29-30-32-34-36-38-40-46(54)51-43(44(53)39-37-35-33-31-12-10-8-6-4-2)42-58-50-49(57)48(56)47(55)45(41-52)59-50/h14-15,17-18,20-21,37,39,43-45,47-50,52-53,55-57H,3-13,16,19,22-36,38,40-42H2,1-2H3,(H,51,54)/b15-14-,18-17-,21-20-,39-37+. The number of aliphatic hydroxyl groups is 5. The Balaban J connectivity index is 2.19. The summed E-state index contributed by atoms with van der Waals surface area (Å²) in [6, 6.07) is -0.804. The van der Waals surface area contributed by atoms with Crippen LogP contribution in [0.4, 0.5) is 0 Å². The van der Waals surface area contributed by atoms with Crippen LogP contribution in [0.25, 0.3) is 0 Å². The van der Waals surface area contributed by atoms with E-state index in [0.717, 1.165) is 51.4 Å². The van der Waals surface area contributed by atoms with E-state index in [0.29, 0.717) is 6.42 Å². The minimum Gasteiger partial charge on any atom is -0.394 e. The number of hydrogen-bond acceptors (Lipinski definition) is 8. The Morgan fingerprint density at radius 2 is 1.00 bits per heavy atom. The average molecular weight is 834 g/mol. The van der Waals surface area contributed by atoms with Crippen LogP contribution in [0.15, 0.2) is 48.6 Å². The van der Waals surface area contributed by atoms with Crippen molar-refractivity contribution in [3.63, 3.8) is 0 Å². The lowest BCUT2D eigenvalue weighted by atomic mass is 9.99. The van der Waals surface area contributed by atoms with E-state index in [2.05, 4.69) is 55.6 Å². The maximum atomic E-state index is 12.9. The zero-order chi connectivity index (χ0) is 43.0. The molecule has 9 nitrogen and oxygen atoms in total. The van der Waals surface area contributed by atoms with Gasteiger partial charge in [-0.15, -0.1) is 0 Å². The molecule has 0 aromatic rings. The number of allylic oxidation sites excluding steroid dienone is 7. The van der Waals surface area contributed by atoms with Crippen molar-refractivity contribution in [1.29, 1.82) is 0 Å². The van der Waals surface area contributed by atoms with Crippen LogP contribution in [-0.2, 0) is 14.3 Å². The van der Waals surface area contributed by atoms with E-state index in [4.69, 9.17) is 9.47 Å². The van der Waals surface area contributed by atoms with Gasteiger partial charge in [0.1, 0.15) is 24.4 Å². The van der Waals surface area contributed by atoms with Crippen LogP contribution in [0.2, 0.25) is 0 Å². The van der Waals surface area contributed by atoms with Gasteiger partial charge in [0.25, 0.3) is 0 Å². The highest BCUT2D eigenvalue weighted by Gasteiger charge is 2.44. The molecule has 9 heteroatoms. The van der Waals surface area contributed by atoms with E-state index in [-0.39, 0.29) is 12.5 Å². The highest BCUT2D eigenvalue weighted by atomic mass is 16.7. The molecule has 1 aliphatic heterocycles. The first-order valence-corrected chi connectivity index (χ1v) is 24.4. The van der Waals surface area contributed by atoms with Gasteiger partial charge in [-0.05, 0) is 57.8 Å². The van der Waals surface area contributed by atoms with Crippen LogP contribution in [0.3, 0.4) is 0 Å². The molecule has 1 rings (SSSR count). The number of rotatable bonds is 40. The van der Waals surface area contributed by atoms with E-state index in [1.54, 1.807) is 6.08 Å². The molecule has 7 atom stereocenters. The van der Waals surface area contributed by atoms with Crippen LogP contribution in [0.5, 0.6) is 0 Å². The van der Waals surface area contributed by atoms with Crippen molar-refractivity contribution in [2.24, 2.45) is 0 Å². The summed E-state index contributed by atoms with van der Waals surface area (Å²) in [7, 11) is 0. The molecule has 0 aromatic heterocycles. The summed E-state index contributed by atoms with van der Waals surface area (Å²) in [5, 5.41) is 54.0. The monoisotopic (exact) mass is 834 g/mol. The number of carbonyl (C=O) groups excluding carboxylic acids is 1. The molecule has 0 bridgehead atoms. The van der Waals surface area contributed by atoms with Gasteiger partial charge in [0.2, 0.25) is 5.91 Å². The molecule has 1 aliphatic rings. The molecule has 7 unspecified atom stereocenters. The van der Waals surface area contributed by atoms with E-state index in [1.807, 2.05) is 6.08 Å². The fourth-order valence-electron chi connectivity index (χ4n) is 7.46. The second-order valence-corrected chi connectivity index (χ2v) is 16.9. The van der Waals surface area contributed by atoms with Gasteiger partial charge < -0.3 is 40.3 Å². The zero-order valence-electron chi connectivity index (χ0n) is 37.7. The number of nitrogens with one attached hydrogen (secondary N) is 1. The van der Waals surface area contributed by atoms with Gasteiger partial charge in [0.05, 0.1) is 25.4 Å². The van der Waals surface area contributed by atoms with E-state index in [1.165, 1.54) is 135 Å². The third-order valence-corrected chi connectivity index (χ3v) is 11.4. The van der Waals surface area contributed by atoms with Crippen molar-refractivity contribution in [2.75, 3.05) is 13.2 Å². The number of unbranched alkanes of at least 4 members (excludes halogenated alkanes) is 24. The van der Waals surface area contributed by atoms with Crippen molar-refractivity contribution in [2.45, 2.75) is 249 Å². The van der Waals surface area contributed by atoms with Crippen LogP contribution in [-0.4, -0.2) is 87.5 Å². The molecule has 0 saturated carbocycles. The van der Waals surface area contributed by atoms with Gasteiger partial charge in [-0.2, -0.15) is 0 Å². The molecular weight excluding hydrogens is 743 g/mol. The summed E-state index contributed by atoms with van der Waals surface area (Å²) >= 11 is 0. The largest absolute Gasteiger partial charge is 0.394 e. The molecule has 1 saturated heterocycles. The number of aliphatic hydroxyl groups excluding tert-OH is 5. The third kappa shape index (κ3) is 30.8. The van der Waals surface area contributed by atoms with Gasteiger partial charge in [-0.1, -0.05) is 191 Å². The number of hydrogen-bond donors (Lipinski definition) is 6. The number of carbonyl (C=O) groups is 1. The molecule has 344 valence electrons. The Labute approximate surface area is 361 Å². The SMILES string of the molecule is CCCCCCC/C=C\C/C=C\C/C=C\CCCCCCCCCCCCCCC(=O)NC(COC1OC(CO)C(O)C(O)C1O)C(O)/C=C/CCCCCCCCC.